The van der Waals surface area contributed by atoms with E-state index in [4.69, 9.17) is 0 Å². The molecule has 1 heterocycles. The number of rotatable bonds is 1. The van der Waals surface area contributed by atoms with E-state index in [0.29, 0.717) is 5.69 Å². The summed E-state index contributed by atoms with van der Waals surface area (Å²) in [6.07, 6.45) is -6.99. The second kappa shape index (κ2) is 3.79. The summed E-state index contributed by atoms with van der Waals surface area (Å²) in [4.78, 5) is 12.4. The molecule has 0 N–H and O–H groups in total. The van der Waals surface area contributed by atoms with E-state index < -0.39 is 18.2 Å². The number of hydrogen-bond acceptors (Lipinski definition) is 2. The third-order valence-electron chi connectivity index (χ3n) is 2.23. The molecule has 0 spiro atoms. The van der Waals surface area contributed by atoms with Crippen LogP contribution in [-0.4, -0.2) is 24.9 Å². The average Bonchev–Trinajstić information content (AvgIpc) is 2.61. The zero-order chi connectivity index (χ0) is 11.8. The Balaban J connectivity index is 2.20. The highest BCUT2D eigenvalue weighted by Gasteiger charge is 2.51. The number of halogens is 3. The Bertz CT molecular complexity index is 391. The molecule has 6 heteroatoms. The third kappa shape index (κ3) is 1.88. The van der Waals surface area contributed by atoms with E-state index in [9.17, 15) is 18.0 Å². The fourth-order valence-electron chi connectivity index (χ4n) is 1.47. The van der Waals surface area contributed by atoms with E-state index >= 15 is 0 Å². The van der Waals surface area contributed by atoms with Crippen molar-refractivity contribution in [3.63, 3.8) is 0 Å². The molecule has 1 aliphatic heterocycles. The van der Waals surface area contributed by atoms with E-state index in [-0.39, 0.29) is 6.73 Å². The molecule has 1 saturated heterocycles. The van der Waals surface area contributed by atoms with E-state index in [1.807, 2.05) is 0 Å². The second-order valence-corrected chi connectivity index (χ2v) is 3.32. The average molecular weight is 231 g/mol. The quantitative estimate of drug-likeness (QED) is 0.739. The number of ether oxygens (including phenoxy) is 1. The van der Waals surface area contributed by atoms with Crippen molar-refractivity contribution in [1.29, 1.82) is 0 Å². The SMILES string of the molecule is O=C1C(C(F)(F)F)OCN1c1ccccc1. The maximum absolute atomic E-state index is 12.3. The molecule has 0 bridgehead atoms. The number of para-hydroxylation sites is 1. The van der Waals surface area contributed by atoms with E-state index in [2.05, 4.69) is 4.74 Å². The van der Waals surface area contributed by atoms with Crippen LogP contribution in [0.25, 0.3) is 0 Å². The van der Waals surface area contributed by atoms with Crippen LogP contribution in [0.4, 0.5) is 18.9 Å². The Morgan fingerprint density at radius 2 is 1.88 bits per heavy atom. The molecule has 1 aromatic rings. The van der Waals surface area contributed by atoms with Crippen LogP contribution < -0.4 is 4.90 Å². The topological polar surface area (TPSA) is 29.5 Å². The fourth-order valence-corrected chi connectivity index (χ4v) is 1.47. The number of alkyl halides is 3. The first kappa shape index (κ1) is 10.9. The molecule has 1 atom stereocenters. The first-order chi connectivity index (χ1) is 7.50. The highest BCUT2D eigenvalue weighted by molar-refractivity contribution is 5.98. The Morgan fingerprint density at radius 1 is 1.25 bits per heavy atom. The number of anilines is 1. The normalized spacial score (nSPS) is 21.6. The molecule has 0 aromatic heterocycles. The predicted octanol–water partition coefficient (Wildman–Crippen LogP) is 1.94. The van der Waals surface area contributed by atoms with Gasteiger partial charge < -0.3 is 4.74 Å². The zero-order valence-electron chi connectivity index (χ0n) is 8.07. The molecule has 1 aromatic carbocycles. The van der Waals surface area contributed by atoms with Crippen LogP contribution in [0.15, 0.2) is 30.3 Å². The van der Waals surface area contributed by atoms with Gasteiger partial charge in [0.25, 0.3) is 5.91 Å². The minimum Gasteiger partial charge on any atom is -0.338 e. The van der Waals surface area contributed by atoms with Gasteiger partial charge in [-0.15, -0.1) is 0 Å². The molecule has 1 amide bonds. The van der Waals surface area contributed by atoms with Crippen LogP contribution in [0.3, 0.4) is 0 Å². The van der Waals surface area contributed by atoms with Crippen LogP contribution in [0.5, 0.6) is 0 Å². The molecule has 1 unspecified atom stereocenters. The summed E-state index contributed by atoms with van der Waals surface area (Å²) in [5.41, 5.74) is 0.402. The molecule has 0 radical (unpaired) electrons. The number of benzene rings is 1. The van der Waals surface area contributed by atoms with E-state index in [1.165, 1.54) is 0 Å². The smallest absolute Gasteiger partial charge is 0.338 e. The van der Waals surface area contributed by atoms with Gasteiger partial charge >= 0.3 is 6.18 Å². The molecular formula is C10H8F3NO2. The Kier molecular flexibility index (Phi) is 2.59. The first-order valence-corrected chi connectivity index (χ1v) is 4.55. The van der Waals surface area contributed by atoms with Crippen LogP contribution >= 0.6 is 0 Å². The van der Waals surface area contributed by atoms with Crippen molar-refractivity contribution in [1.82, 2.24) is 0 Å². The van der Waals surface area contributed by atoms with Gasteiger partial charge in [-0.2, -0.15) is 13.2 Å². The summed E-state index contributed by atoms with van der Waals surface area (Å²) in [6, 6.07) is 8.11. The minimum absolute atomic E-state index is 0.368. The Labute approximate surface area is 89.4 Å². The van der Waals surface area contributed by atoms with Crippen molar-refractivity contribution < 1.29 is 22.7 Å². The van der Waals surface area contributed by atoms with Crippen molar-refractivity contribution in [3.8, 4) is 0 Å². The molecule has 1 fully saturated rings. The number of nitrogens with zero attached hydrogens (tertiary/aromatic N) is 1. The van der Waals surface area contributed by atoms with Gasteiger partial charge in [0.05, 0.1) is 0 Å². The lowest BCUT2D eigenvalue weighted by Crippen LogP contribution is -2.38. The van der Waals surface area contributed by atoms with Crippen molar-refractivity contribution in [2.24, 2.45) is 0 Å². The second-order valence-electron chi connectivity index (χ2n) is 3.32. The molecule has 0 saturated carbocycles. The number of hydrogen-bond donors (Lipinski definition) is 0. The molecular weight excluding hydrogens is 223 g/mol. The van der Waals surface area contributed by atoms with Gasteiger partial charge in [0.15, 0.2) is 0 Å². The van der Waals surface area contributed by atoms with Gasteiger partial charge in [-0.25, -0.2) is 0 Å². The highest BCUT2D eigenvalue weighted by atomic mass is 19.4. The summed E-state index contributed by atoms with van der Waals surface area (Å²) in [5.74, 6) is -1.07. The molecule has 1 aliphatic rings. The Hall–Kier alpha value is -1.56. The summed E-state index contributed by atoms with van der Waals surface area (Å²) in [6.45, 7) is -0.368. The predicted molar refractivity (Wildman–Crippen MR) is 49.7 cm³/mol. The van der Waals surface area contributed by atoms with Crippen LogP contribution in [0.2, 0.25) is 0 Å². The van der Waals surface area contributed by atoms with E-state index in [0.717, 1.165) is 4.90 Å². The van der Waals surface area contributed by atoms with Crippen molar-refractivity contribution in [2.45, 2.75) is 12.3 Å². The number of carbonyl (C=O) groups excluding carboxylic acids is 1. The molecule has 2 rings (SSSR count). The lowest BCUT2D eigenvalue weighted by molar-refractivity contribution is -0.204. The zero-order valence-corrected chi connectivity index (χ0v) is 8.07. The van der Waals surface area contributed by atoms with Gasteiger partial charge in [-0.05, 0) is 12.1 Å². The van der Waals surface area contributed by atoms with Gasteiger partial charge in [0, 0.05) is 5.69 Å². The standard InChI is InChI=1S/C10H8F3NO2/c11-10(12,13)8-9(15)14(6-16-8)7-4-2-1-3-5-7/h1-5,8H,6H2. The first-order valence-electron chi connectivity index (χ1n) is 4.55. The molecule has 0 aliphatic carbocycles. The van der Waals surface area contributed by atoms with E-state index in [1.54, 1.807) is 30.3 Å². The maximum atomic E-state index is 12.3. The molecule has 3 nitrogen and oxygen atoms in total. The minimum atomic E-state index is -4.65. The summed E-state index contributed by atoms with van der Waals surface area (Å²) >= 11 is 0. The highest BCUT2D eigenvalue weighted by Crippen LogP contribution is 2.30. The number of amides is 1. The van der Waals surface area contributed by atoms with Gasteiger partial charge in [0.1, 0.15) is 6.73 Å². The summed E-state index contributed by atoms with van der Waals surface area (Å²) in [5, 5.41) is 0. The van der Waals surface area contributed by atoms with Gasteiger partial charge in [-0.3, -0.25) is 9.69 Å². The monoisotopic (exact) mass is 231 g/mol. The van der Waals surface area contributed by atoms with Crippen molar-refractivity contribution >= 4 is 11.6 Å². The maximum Gasteiger partial charge on any atom is 0.423 e. The van der Waals surface area contributed by atoms with Gasteiger partial charge in [0.2, 0.25) is 6.10 Å². The molecule has 86 valence electrons. The fraction of sp³-hybridized carbons (Fsp3) is 0.300. The van der Waals surface area contributed by atoms with Crippen LogP contribution in [0.1, 0.15) is 0 Å². The van der Waals surface area contributed by atoms with Crippen molar-refractivity contribution in [2.75, 3.05) is 11.6 Å². The lowest BCUT2D eigenvalue weighted by atomic mass is 10.2. The summed E-state index contributed by atoms with van der Waals surface area (Å²) in [7, 11) is 0. The van der Waals surface area contributed by atoms with Crippen LogP contribution in [-0.2, 0) is 9.53 Å². The van der Waals surface area contributed by atoms with Crippen molar-refractivity contribution in [3.05, 3.63) is 30.3 Å². The van der Waals surface area contributed by atoms with Crippen LogP contribution in [0, 0.1) is 0 Å². The van der Waals surface area contributed by atoms with Gasteiger partial charge in [-0.1, -0.05) is 18.2 Å². The Morgan fingerprint density at radius 3 is 2.38 bits per heavy atom. The lowest BCUT2D eigenvalue weighted by Gasteiger charge is -2.14. The third-order valence-corrected chi connectivity index (χ3v) is 2.23. The largest absolute Gasteiger partial charge is 0.423 e. The molecule has 16 heavy (non-hydrogen) atoms. The summed E-state index contributed by atoms with van der Waals surface area (Å²) < 4.78 is 41.4. The number of carbonyl (C=O) groups is 1.